The lowest BCUT2D eigenvalue weighted by molar-refractivity contribution is -0.147. The van der Waals surface area contributed by atoms with Gasteiger partial charge in [-0.1, -0.05) is 13.0 Å². The minimum Gasteiger partial charge on any atom is -0.480 e. The van der Waals surface area contributed by atoms with E-state index in [-0.39, 0.29) is 12.5 Å². The molecule has 1 saturated heterocycles. The Morgan fingerprint density at radius 3 is 2.90 bits per heavy atom. The Labute approximate surface area is 129 Å². The van der Waals surface area contributed by atoms with E-state index >= 15 is 0 Å². The van der Waals surface area contributed by atoms with E-state index in [1.54, 1.807) is 28.2 Å². The van der Waals surface area contributed by atoms with E-state index in [2.05, 4.69) is 6.92 Å². The Morgan fingerprint density at radius 1 is 1.52 bits per heavy atom. The van der Waals surface area contributed by atoms with Crippen LogP contribution >= 0.6 is 11.3 Å². The standard InChI is InChI=1S/C15H22N2O3S/c1-11-5-6-17(13(8-11)15(19)20)10-14(18)16(2)9-12-4-3-7-21-12/h3-4,7,11,13H,5-6,8-10H2,1-2H3,(H,19,20). The molecular formula is C15H22N2O3S. The van der Waals surface area contributed by atoms with Gasteiger partial charge in [0.15, 0.2) is 0 Å². The molecule has 0 aliphatic carbocycles. The Morgan fingerprint density at radius 2 is 2.29 bits per heavy atom. The number of carboxylic acids is 1. The molecule has 2 unspecified atom stereocenters. The number of nitrogens with zero attached hydrogens (tertiary/aromatic N) is 2. The molecule has 1 amide bonds. The number of carbonyl (C=O) groups is 2. The SMILES string of the molecule is CC1CCN(CC(=O)N(C)Cc2cccs2)C(C(=O)O)C1. The monoisotopic (exact) mass is 310 g/mol. The molecule has 6 heteroatoms. The molecule has 1 aliphatic rings. The fourth-order valence-electron chi connectivity index (χ4n) is 2.66. The molecule has 1 aromatic heterocycles. The summed E-state index contributed by atoms with van der Waals surface area (Å²) in [7, 11) is 1.77. The van der Waals surface area contributed by atoms with Crippen molar-refractivity contribution in [2.45, 2.75) is 32.4 Å². The number of likely N-dealkylation sites (tertiary alicyclic amines) is 1. The van der Waals surface area contributed by atoms with Crippen LogP contribution in [0.25, 0.3) is 0 Å². The van der Waals surface area contributed by atoms with Gasteiger partial charge in [0.05, 0.1) is 13.1 Å². The van der Waals surface area contributed by atoms with E-state index < -0.39 is 12.0 Å². The van der Waals surface area contributed by atoms with Crippen LogP contribution in [0.4, 0.5) is 0 Å². The lowest BCUT2D eigenvalue weighted by Crippen LogP contribution is -2.50. The summed E-state index contributed by atoms with van der Waals surface area (Å²) in [4.78, 5) is 28.2. The van der Waals surface area contributed by atoms with Gasteiger partial charge in [0.25, 0.3) is 0 Å². The average Bonchev–Trinajstić information content (AvgIpc) is 2.93. The number of rotatable bonds is 5. The molecule has 0 aromatic carbocycles. The van der Waals surface area contributed by atoms with Crippen LogP contribution in [-0.2, 0) is 16.1 Å². The average molecular weight is 310 g/mol. The largest absolute Gasteiger partial charge is 0.480 e. The van der Waals surface area contributed by atoms with Crippen molar-refractivity contribution in [3.63, 3.8) is 0 Å². The summed E-state index contributed by atoms with van der Waals surface area (Å²) >= 11 is 1.62. The Kier molecular flexibility index (Phi) is 5.36. The molecule has 1 N–H and O–H groups in total. The summed E-state index contributed by atoms with van der Waals surface area (Å²) in [5.74, 6) is -0.444. The van der Waals surface area contributed by atoms with Crippen LogP contribution < -0.4 is 0 Å². The highest BCUT2D eigenvalue weighted by atomic mass is 32.1. The zero-order chi connectivity index (χ0) is 15.4. The molecule has 5 nitrogen and oxygen atoms in total. The Hall–Kier alpha value is -1.40. The van der Waals surface area contributed by atoms with Gasteiger partial charge in [-0.15, -0.1) is 11.3 Å². The predicted molar refractivity (Wildman–Crippen MR) is 82.2 cm³/mol. The van der Waals surface area contributed by atoms with E-state index in [0.717, 1.165) is 11.3 Å². The zero-order valence-corrected chi connectivity index (χ0v) is 13.3. The summed E-state index contributed by atoms with van der Waals surface area (Å²) in [6.45, 7) is 3.51. The summed E-state index contributed by atoms with van der Waals surface area (Å²) in [6, 6.07) is 3.43. The van der Waals surface area contributed by atoms with E-state index in [9.17, 15) is 14.7 Å². The van der Waals surface area contributed by atoms with Crippen molar-refractivity contribution >= 4 is 23.2 Å². The highest BCUT2D eigenvalue weighted by Crippen LogP contribution is 2.22. The first kappa shape index (κ1) is 16.0. The van der Waals surface area contributed by atoms with Crippen LogP contribution in [0.15, 0.2) is 17.5 Å². The van der Waals surface area contributed by atoms with Gasteiger partial charge in [0.1, 0.15) is 6.04 Å². The number of piperidine rings is 1. The first-order valence-electron chi connectivity index (χ1n) is 7.20. The molecule has 1 aromatic rings. The molecule has 0 spiro atoms. The van der Waals surface area contributed by atoms with Crippen LogP contribution in [0.1, 0.15) is 24.6 Å². The van der Waals surface area contributed by atoms with Gasteiger partial charge in [-0.3, -0.25) is 14.5 Å². The molecule has 0 bridgehead atoms. The second-order valence-corrected chi connectivity index (χ2v) is 6.82. The maximum Gasteiger partial charge on any atom is 0.320 e. The number of hydrogen-bond donors (Lipinski definition) is 1. The van der Waals surface area contributed by atoms with Gasteiger partial charge in [0, 0.05) is 11.9 Å². The number of aliphatic carboxylic acids is 1. The second-order valence-electron chi connectivity index (χ2n) is 5.78. The fraction of sp³-hybridized carbons (Fsp3) is 0.600. The highest BCUT2D eigenvalue weighted by Gasteiger charge is 2.33. The molecule has 2 atom stereocenters. The first-order chi connectivity index (χ1) is 9.97. The van der Waals surface area contributed by atoms with E-state index in [0.29, 0.717) is 25.4 Å². The number of amides is 1. The number of thiophene rings is 1. The van der Waals surface area contributed by atoms with Crippen molar-refractivity contribution in [2.75, 3.05) is 20.1 Å². The minimum atomic E-state index is -0.824. The third-order valence-corrected chi connectivity index (χ3v) is 4.86. The van der Waals surface area contributed by atoms with Gasteiger partial charge in [-0.2, -0.15) is 0 Å². The smallest absolute Gasteiger partial charge is 0.320 e. The molecule has 0 radical (unpaired) electrons. The summed E-state index contributed by atoms with van der Waals surface area (Å²) in [6.07, 6.45) is 1.57. The quantitative estimate of drug-likeness (QED) is 0.902. The molecule has 116 valence electrons. The van der Waals surface area contributed by atoms with Crippen molar-refractivity contribution in [1.29, 1.82) is 0 Å². The van der Waals surface area contributed by atoms with Crippen molar-refractivity contribution in [2.24, 2.45) is 5.92 Å². The fourth-order valence-corrected chi connectivity index (χ4v) is 3.41. The number of hydrogen-bond acceptors (Lipinski definition) is 4. The zero-order valence-electron chi connectivity index (χ0n) is 12.5. The summed E-state index contributed by atoms with van der Waals surface area (Å²) in [5, 5.41) is 11.3. The highest BCUT2D eigenvalue weighted by molar-refractivity contribution is 7.09. The maximum absolute atomic E-state index is 12.3. The Bertz CT molecular complexity index is 489. The van der Waals surface area contributed by atoms with Crippen molar-refractivity contribution in [1.82, 2.24) is 9.80 Å². The molecule has 0 saturated carbocycles. The topological polar surface area (TPSA) is 60.9 Å². The van der Waals surface area contributed by atoms with E-state index in [4.69, 9.17) is 0 Å². The van der Waals surface area contributed by atoms with Crippen LogP contribution in [0.2, 0.25) is 0 Å². The Balaban J connectivity index is 1.92. The molecule has 2 rings (SSSR count). The van der Waals surface area contributed by atoms with E-state index in [1.807, 2.05) is 17.5 Å². The molecule has 21 heavy (non-hydrogen) atoms. The van der Waals surface area contributed by atoms with Crippen LogP contribution in [0, 0.1) is 5.92 Å². The van der Waals surface area contributed by atoms with Gasteiger partial charge >= 0.3 is 5.97 Å². The van der Waals surface area contributed by atoms with Crippen molar-refractivity contribution in [3.8, 4) is 0 Å². The van der Waals surface area contributed by atoms with Gasteiger partial charge in [-0.05, 0) is 36.8 Å². The maximum atomic E-state index is 12.3. The summed E-state index contributed by atoms with van der Waals surface area (Å²) in [5.41, 5.74) is 0. The third-order valence-electron chi connectivity index (χ3n) is 4.00. The van der Waals surface area contributed by atoms with Crippen LogP contribution in [0.3, 0.4) is 0 Å². The van der Waals surface area contributed by atoms with Gasteiger partial charge in [-0.25, -0.2) is 0 Å². The molecule has 1 aliphatic heterocycles. The number of carbonyl (C=O) groups excluding carboxylic acids is 1. The molecular weight excluding hydrogens is 288 g/mol. The van der Waals surface area contributed by atoms with Crippen LogP contribution in [-0.4, -0.2) is 53.0 Å². The number of carboxylic acid groups (broad SMARTS) is 1. The third kappa shape index (κ3) is 4.28. The summed E-state index contributed by atoms with van der Waals surface area (Å²) < 4.78 is 0. The molecule has 1 fully saturated rings. The van der Waals surface area contributed by atoms with Crippen molar-refractivity contribution < 1.29 is 14.7 Å². The molecule has 2 heterocycles. The lowest BCUT2D eigenvalue weighted by atomic mass is 9.92. The number of likely N-dealkylation sites (N-methyl/N-ethyl adjacent to an activating group) is 1. The first-order valence-corrected chi connectivity index (χ1v) is 8.08. The van der Waals surface area contributed by atoms with Gasteiger partial charge < -0.3 is 10.0 Å². The van der Waals surface area contributed by atoms with Crippen molar-refractivity contribution in [3.05, 3.63) is 22.4 Å². The second kappa shape index (κ2) is 7.04. The van der Waals surface area contributed by atoms with Crippen LogP contribution in [0.5, 0.6) is 0 Å². The predicted octanol–water partition coefficient (Wildman–Crippen LogP) is 1.89. The lowest BCUT2D eigenvalue weighted by Gasteiger charge is -2.36. The normalized spacial score (nSPS) is 23.0. The van der Waals surface area contributed by atoms with E-state index in [1.165, 1.54) is 0 Å². The van der Waals surface area contributed by atoms with Gasteiger partial charge in [0.2, 0.25) is 5.91 Å². The minimum absolute atomic E-state index is 0.0239.